The lowest BCUT2D eigenvalue weighted by Gasteiger charge is -2.32. The number of nitrogens with zero attached hydrogens (tertiary/aromatic N) is 1. The zero-order valence-corrected chi connectivity index (χ0v) is 20.6. The van der Waals surface area contributed by atoms with E-state index in [-0.39, 0.29) is 5.91 Å². The van der Waals surface area contributed by atoms with Crippen molar-refractivity contribution in [2.75, 3.05) is 19.6 Å². The SMILES string of the molecule is Cc1c(-c2ccc(C(C)N3CCCCC3)cc2)ccc(C2=C3CCCCC3=CNC2)c1C(N)=O. The zero-order chi connectivity index (χ0) is 23.7. The maximum absolute atomic E-state index is 12.7. The third-order valence-electron chi connectivity index (χ3n) is 8.11. The number of dihydropyridines is 1. The molecule has 4 heteroatoms. The molecule has 2 aliphatic heterocycles. The van der Waals surface area contributed by atoms with E-state index in [0.29, 0.717) is 11.6 Å². The lowest BCUT2D eigenvalue weighted by Crippen LogP contribution is -2.32. The van der Waals surface area contributed by atoms with Crippen molar-refractivity contribution in [3.63, 3.8) is 0 Å². The minimum Gasteiger partial charge on any atom is -0.387 e. The number of hydrogen-bond donors (Lipinski definition) is 2. The number of primary amides is 1. The smallest absolute Gasteiger partial charge is 0.249 e. The molecule has 2 aromatic rings. The molecule has 1 unspecified atom stereocenters. The minimum atomic E-state index is -0.343. The van der Waals surface area contributed by atoms with E-state index in [4.69, 9.17) is 5.73 Å². The van der Waals surface area contributed by atoms with E-state index in [1.807, 2.05) is 6.92 Å². The van der Waals surface area contributed by atoms with Crippen molar-refractivity contribution in [2.24, 2.45) is 5.73 Å². The van der Waals surface area contributed by atoms with Crippen molar-refractivity contribution in [3.05, 3.63) is 76.0 Å². The normalized spacial score (nSPS) is 19.8. The fraction of sp³-hybridized carbons (Fsp3) is 0.433. The Hall–Kier alpha value is -2.85. The highest BCUT2D eigenvalue weighted by atomic mass is 16.1. The molecule has 2 aromatic carbocycles. The molecule has 178 valence electrons. The Kier molecular flexibility index (Phi) is 6.60. The summed E-state index contributed by atoms with van der Waals surface area (Å²) in [4.78, 5) is 15.3. The molecule has 1 aliphatic carbocycles. The van der Waals surface area contributed by atoms with Crippen LogP contribution in [0.3, 0.4) is 0 Å². The molecule has 3 aliphatic rings. The van der Waals surface area contributed by atoms with Gasteiger partial charge in [-0.15, -0.1) is 0 Å². The molecule has 1 saturated carbocycles. The predicted molar refractivity (Wildman–Crippen MR) is 140 cm³/mol. The third-order valence-corrected chi connectivity index (χ3v) is 8.11. The van der Waals surface area contributed by atoms with Gasteiger partial charge in [-0.2, -0.15) is 0 Å². The summed E-state index contributed by atoms with van der Waals surface area (Å²) < 4.78 is 0. The van der Waals surface area contributed by atoms with E-state index in [0.717, 1.165) is 41.6 Å². The van der Waals surface area contributed by atoms with Crippen molar-refractivity contribution >= 4 is 11.5 Å². The molecular formula is C30H37N3O. The standard InChI is InChI=1S/C30H37N3O/c1-20-25(23-12-10-22(11-13-23)21(2)33-16-6-3-7-17-33)14-15-27(29(20)30(31)34)28-19-32-18-24-8-4-5-9-26(24)28/h10-15,18,21,32H,3-9,16-17,19H2,1-2H3,(H2,31,34). The van der Waals surface area contributed by atoms with Gasteiger partial charge in [0.05, 0.1) is 5.56 Å². The first-order chi connectivity index (χ1) is 16.5. The van der Waals surface area contributed by atoms with Gasteiger partial charge in [-0.05, 0) is 110 Å². The van der Waals surface area contributed by atoms with Gasteiger partial charge in [0.1, 0.15) is 0 Å². The van der Waals surface area contributed by atoms with Crippen LogP contribution < -0.4 is 11.1 Å². The number of piperidine rings is 1. The molecule has 2 heterocycles. The van der Waals surface area contributed by atoms with Gasteiger partial charge >= 0.3 is 0 Å². The number of amides is 1. The summed E-state index contributed by atoms with van der Waals surface area (Å²) in [5.74, 6) is -0.343. The Bertz CT molecular complexity index is 1140. The molecule has 1 amide bonds. The highest BCUT2D eigenvalue weighted by molar-refractivity contribution is 6.02. The number of benzene rings is 2. The van der Waals surface area contributed by atoms with Gasteiger partial charge in [-0.1, -0.05) is 42.8 Å². The fourth-order valence-corrected chi connectivity index (χ4v) is 6.12. The Morgan fingerprint density at radius 2 is 1.62 bits per heavy atom. The molecule has 5 rings (SSSR count). The van der Waals surface area contributed by atoms with Gasteiger partial charge in [0.2, 0.25) is 5.91 Å². The van der Waals surface area contributed by atoms with E-state index in [1.54, 1.807) is 0 Å². The first-order valence-electron chi connectivity index (χ1n) is 13.0. The van der Waals surface area contributed by atoms with E-state index >= 15 is 0 Å². The molecule has 2 fully saturated rings. The zero-order valence-electron chi connectivity index (χ0n) is 20.6. The summed E-state index contributed by atoms with van der Waals surface area (Å²) in [6.45, 7) is 7.49. The number of likely N-dealkylation sites (tertiary alicyclic amines) is 1. The average Bonchev–Trinajstić information content (AvgIpc) is 2.88. The van der Waals surface area contributed by atoms with Crippen LogP contribution in [0.15, 0.2) is 53.7 Å². The third kappa shape index (κ3) is 4.32. The maximum atomic E-state index is 12.7. The Balaban J connectivity index is 1.49. The number of nitrogens with two attached hydrogens (primary N) is 1. The average molecular weight is 456 g/mol. The largest absolute Gasteiger partial charge is 0.387 e. The fourth-order valence-electron chi connectivity index (χ4n) is 6.12. The van der Waals surface area contributed by atoms with Crippen molar-refractivity contribution in [3.8, 4) is 11.1 Å². The molecule has 0 radical (unpaired) electrons. The summed E-state index contributed by atoms with van der Waals surface area (Å²) in [6.07, 6.45) is 10.7. The van der Waals surface area contributed by atoms with Gasteiger partial charge in [0.25, 0.3) is 0 Å². The topological polar surface area (TPSA) is 58.4 Å². The number of carbonyl (C=O) groups excluding carboxylic acids is 1. The molecule has 3 N–H and O–H groups in total. The Labute approximate surface area is 203 Å². The van der Waals surface area contributed by atoms with Gasteiger partial charge in [0.15, 0.2) is 0 Å². The van der Waals surface area contributed by atoms with Crippen LogP contribution in [-0.2, 0) is 0 Å². The monoisotopic (exact) mass is 455 g/mol. The molecular weight excluding hydrogens is 418 g/mol. The Morgan fingerprint density at radius 3 is 2.35 bits per heavy atom. The first kappa shape index (κ1) is 22.9. The highest BCUT2D eigenvalue weighted by Crippen LogP contribution is 2.39. The maximum Gasteiger partial charge on any atom is 0.249 e. The molecule has 0 spiro atoms. The minimum absolute atomic E-state index is 0.343. The van der Waals surface area contributed by atoms with Crippen LogP contribution in [0.2, 0.25) is 0 Å². The Morgan fingerprint density at radius 1 is 0.912 bits per heavy atom. The van der Waals surface area contributed by atoms with E-state index < -0.39 is 0 Å². The van der Waals surface area contributed by atoms with Gasteiger partial charge in [0, 0.05) is 18.8 Å². The lowest BCUT2D eigenvalue weighted by molar-refractivity contribution is 0.0999. The second-order valence-corrected chi connectivity index (χ2v) is 10.1. The summed E-state index contributed by atoms with van der Waals surface area (Å²) >= 11 is 0. The molecule has 4 nitrogen and oxygen atoms in total. The number of allylic oxidation sites excluding steroid dienone is 2. The van der Waals surface area contributed by atoms with Crippen LogP contribution in [0.1, 0.15) is 85.0 Å². The lowest BCUT2D eigenvalue weighted by atomic mass is 9.80. The van der Waals surface area contributed by atoms with Crippen molar-refractivity contribution in [1.82, 2.24) is 10.2 Å². The van der Waals surface area contributed by atoms with Gasteiger partial charge in [-0.25, -0.2) is 0 Å². The van der Waals surface area contributed by atoms with Crippen LogP contribution in [0.25, 0.3) is 16.7 Å². The summed E-state index contributed by atoms with van der Waals surface area (Å²) in [5.41, 5.74) is 16.2. The van der Waals surface area contributed by atoms with E-state index in [9.17, 15) is 4.79 Å². The molecule has 0 bridgehead atoms. The summed E-state index contributed by atoms with van der Waals surface area (Å²) in [5, 5.41) is 3.43. The molecule has 0 aromatic heterocycles. The number of hydrogen-bond acceptors (Lipinski definition) is 3. The van der Waals surface area contributed by atoms with Crippen LogP contribution in [0.4, 0.5) is 0 Å². The molecule has 1 saturated heterocycles. The number of rotatable bonds is 5. The van der Waals surface area contributed by atoms with Gasteiger partial charge < -0.3 is 11.1 Å². The van der Waals surface area contributed by atoms with Crippen LogP contribution in [-0.4, -0.2) is 30.4 Å². The molecule has 34 heavy (non-hydrogen) atoms. The van der Waals surface area contributed by atoms with Crippen molar-refractivity contribution < 1.29 is 4.79 Å². The van der Waals surface area contributed by atoms with E-state index in [2.05, 4.69) is 59.7 Å². The first-order valence-corrected chi connectivity index (χ1v) is 13.0. The number of nitrogens with one attached hydrogen (secondary N) is 1. The van der Waals surface area contributed by atoms with Crippen molar-refractivity contribution in [2.45, 2.75) is 64.8 Å². The number of fused-ring (bicyclic) bond motifs is 1. The summed E-state index contributed by atoms with van der Waals surface area (Å²) in [6, 6.07) is 13.6. The van der Waals surface area contributed by atoms with Crippen LogP contribution >= 0.6 is 0 Å². The predicted octanol–water partition coefficient (Wildman–Crippen LogP) is 6.12. The van der Waals surface area contributed by atoms with Crippen molar-refractivity contribution in [1.29, 1.82) is 0 Å². The highest BCUT2D eigenvalue weighted by Gasteiger charge is 2.25. The molecule has 1 atom stereocenters. The second kappa shape index (κ2) is 9.79. The summed E-state index contributed by atoms with van der Waals surface area (Å²) in [7, 11) is 0. The number of carbonyl (C=O) groups is 1. The van der Waals surface area contributed by atoms with Crippen LogP contribution in [0, 0.1) is 6.92 Å². The van der Waals surface area contributed by atoms with E-state index in [1.165, 1.54) is 67.5 Å². The van der Waals surface area contributed by atoms with Crippen LogP contribution in [0.5, 0.6) is 0 Å². The second-order valence-electron chi connectivity index (χ2n) is 10.1. The van der Waals surface area contributed by atoms with Gasteiger partial charge in [-0.3, -0.25) is 9.69 Å². The quantitative estimate of drug-likeness (QED) is 0.571.